The zero-order valence-corrected chi connectivity index (χ0v) is 15.7. The second-order valence-corrected chi connectivity index (χ2v) is 7.08. The number of halogens is 2. The Balaban J connectivity index is 1.67. The van der Waals surface area contributed by atoms with E-state index in [0.717, 1.165) is 18.4 Å². The van der Waals surface area contributed by atoms with E-state index in [-0.39, 0.29) is 28.0 Å². The Morgan fingerprint density at radius 3 is 2.62 bits per heavy atom. The van der Waals surface area contributed by atoms with Gasteiger partial charge in [0.25, 0.3) is 5.91 Å². The number of pyridine rings is 2. The molecule has 2 aromatic heterocycles. The molecule has 0 aliphatic carbocycles. The third-order valence-electron chi connectivity index (χ3n) is 4.25. The van der Waals surface area contributed by atoms with E-state index in [1.807, 2.05) is 13.0 Å². The van der Waals surface area contributed by atoms with Gasteiger partial charge in [0.15, 0.2) is 0 Å². The molecule has 8 heteroatoms. The molecule has 1 aliphatic rings. The molecule has 1 atom stereocenters. The number of amides is 2. The number of hydrogen-bond acceptors (Lipinski definition) is 4. The molecular weight excluding hydrogens is 375 g/mol. The number of carbonyl (C=O) groups excluding carboxylic acids is 2. The van der Waals surface area contributed by atoms with E-state index in [4.69, 9.17) is 23.2 Å². The predicted octanol–water partition coefficient (Wildman–Crippen LogP) is 3.58. The molecule has 0 radical (unpaired) electrons. The van der Waals surface area contributed by atoms with Gasteiger partial charge in [-0.3, -0.25) is 9.59 Å². The quantitative estimate of drug-likeness (QED) is 0.809. The summed E-state index contributed by atoms with van der Waals surface area (Å²) < 4.78 is 0. The fraction of sp³-hybridized carbons (Fsp3) is 0.333. The van der Waals surface area contributed by atoms with Crippen molar-refractivity contribution in [1.29, 1.82) is 0 Å². The van der Waals surface area contributed by atoms with Crippen LogP contribution in [0, 0.1) is 12.8 Å². The molecule has 2 amide bonds. The van der Waals surface area contributed by atoms with Crippen LogP contribution < -0.4 is 5.32 Å². The highest BCUT2D eigenvalue weighted by Gasteiger charge is 2.29. The van der Waals surface area contributed by atoms with Gasteiger partial charge in [-0.15, -0.1) is 0 Å². The third kappa shape index (κ3) is 4.51. The minimum Gasteiger partial charge on any atom is -0.338 e. The van der Waals surface area contributed by atoms with Gasteiger partial charge >= 0.3 is 0 Å². The highest BCUT2D eigenvalue weighted by atomic mass is 35.5. The summed E-state index contributed by atoms with van der Waals surface area (Å²) in [4.78, 5) is 34.9. The minimum absolute atomic E-state index is 0.135. The lowest BCUT2D eigenvalue weighted by Gasteiger charge is -2.32. The van der Waals surface area contributed by atoms with Crippen molar-refractivity contribution in [3.63, 3.8) is 0 Å². The molecule has 6 nitrogen and oxygen atoms in total. The van der Waals surface area contributed by atoms with Crippen LogP contribution in [0.4, 0.5) is 5.82 Å². The van der Waals surface area contributed by atoms with Crippen LogP contribution in [0.3, 0.4) is 0 Å². The second kappa shape index (κ2) is 8.01. The SMILES string of the molecule is Cc1ccc(NC(=O)C2CCCN(C(=O)c3cc(Cl)nc(Cl)c3)C2)nc1. The highest BCUT2D eigenvalue weighted by molar-refractivity contribution is 6.33. The molecule has 1 unspecified atom stereocenters. The normalized spacial score (nSPS) is 17.0. The van der Waals surface area contributed by atoms with Crippen molar-refractivity contribution in [3.8, 4) is 0 Å². The smallest absolute Gasteiger partial charge is 0.254 e. The molecule has 1 fully saturated rings. The molecule has 2 aromatic rings. The zero-order chi connectivity index (χ0) is 18.7. The molecule has 136 valence electrons. The Labute approximate surface area is 161 Å². The van der Waals surface area contributed by atoms with Crippen LogP contribution in [0.1, 0.15) is 28.8 Å². The number of nitrogens with zero attached hydrogens (tertiary/aromatic N) is 3. The molecular formula is C18H18Cl2N4O2. The van der Waals surface area contributed by atoms with Crippen molar-refractivity contribution in [1.82, 2.24) is 14.9 Å². The summed E-state index contributed by atoms with van der Waals surface area (Å²) in [6.07, 6.45) is 3.17. The average molecular weight is 393 g/mol. The summed E-state index contributed by atoms with van der Waals surface area (Å²) in [5.41, 5.74) is 1.39. The lowest BCUT2D eigenvalue weighted by molar-refractivity contribution is -0.121. The van der Waals surface area contributed by atoms with Crippen LogP contribution in [-0.2, 0) is 4.79 Å². The van der Waals surface area contributed by atoms with Crippen molar-refractivity contribution in [2.45, 2.75) is 19.8 Å². The topological polar surface area (TPSA) is 75.2 Å². The molecule has 3 rings (SSSR count). The highest BCUT2D eigenvalue weighted by Crippen LogP contribution is 2.22. The zero-order valence-electron chi connectivity index (χ0n) is 14.2. The number of aromatic nitrogens is 2. The molecule has 0 spiro atoms. The minimum atomic E-state index is -0.288. The number of hydrogen-bond donors (Lipinski definition) is 1. The number of piperidine rings is 1. The van der Waals surface area contributed by atoms with Gasteiger partial charge in [-0.2, -0.15) is 0 Å². The maximum atomic E-state index is 12.7. The lowest BCUT2D eigenvalue weighted by atomic mass is 9.96. The Hall–Kier alpha value is -2.18. The maximum absolute atomic E-state index is 12.7. The van der Waals surface area contributed by atoms with Crippen molar-refractivity contribution < 1.29 is 9.59 Å². The molecule has 3 heterocycles. The summed E-state index contributed by atoms with van der Waals surface area (Å²) in [6.45, 7) is 2.86. The fourth-order valence-electron chi connectivity index (χ4n) is 2.92. The number of likely N-dealkylation sites (tertiary alicyclic amines) is 1. The van der Waals surface area contributed by atoms with Crippen LogP contribution in [-0.4, -0.2) is 39.8 Å². The third-order valence-corrected chi connectivity index (χ3v) is 4.64. The largest absolute Gasteiger partial charge is 0.338 e. The summed E-state index contributed by atoms with van der Waals surface area (Å²) in [5, 5.41) is 3.14. The van der Waals surface area contributed by atoms with Crippen LogP contribution in [0.2, 0.25) is 10.3 Å². The number of nitrogens with one attached hydrogen (secondary N) is 1. The first-order valence-electron chi connectivity index (χ1n) is 8.28. The van der Waals surface area contributed by atoms with Gasteiger partial charge in [-0.1, -0.05) is 29.3 Å². The maximum Gasteiger partial charge on any atom is 0.254 e. The van der Waals surface area contributed by atoms with Crippen molar-refractivity contribution in [2.75, 3.05) is 18.4 Å². The Morgan fingerprint density at radius 2 is 1.96 bits per heavy atom. The monoisotopic (exact) mass is 392 g/mol. The summed E-state index contributed by atoms with van der Waals surface area (Å²) in [7, 11) is 0. The van der Waals surface area contributed by atoms with E-state index in [9.17, 15) is 9.59 Å². The van der Waals surface area contributed by atoms with Gasteiger partial charge in [0.2, 0.25) is 5.91 Å². The van der Waals surface area contributed by atoms with Crippen LogP contribution in [0.5, 0.6) is 0 Å². The molecule has 1 N–H and O–H groups in total. The van der Waals surface area contributed by atoms with Gasteiger partial charge in [0, 0.05) is 24.8 Å². The van der Waals surface area contributed by atoms with Gasteiger partial charge in [0.05, 0.1) is 5.92 Å². The fourth-order valence-corrected chi connectivity index (χ4v) is 3.38. The number of carbonyl (C=O) groups is 2. The molecule has 26 heavy (non-hydrogen) atoms. The Bertz CT molecular complexity index is 806. The first kappa shape index (κ1) is 18.6. The van der Waals surface area contributed by atoms with Crippen molar-refractivity contribution in [2.24, 2.45) is 5.92 Å². The summed E-state index contributed by atoms with van der Waals surface area (Å²) >= 11 is 11.8. The number of anilines is 1. The predicted molar refractivity (Wildman–Crippen MR) is 100 cm³/mol. The summed E-state index contributed by atoms with van der Waals surface area (Å²) in [5.74, 6) is -0.118. The lowest BCUT2D eigenvalue weighted by Crippen LogP contribution is -2.43. The summed E-state index contributed by atoms with van der Waals surface area (Å²) in [6, 6.07) is 6.61. The van der Waals surface area contributed by atoms with Crippen LogP contribution in [0.15, 0.2) is 30.5 Å². The van der Waals surface area contributed by atoms with Gasteiger partial charge in [-0.25, -0.2) is 9.97 Å². The molecule has 0 bridgehead atoms. The molecule has 1 saturated heterocycles. The van der Waals surface area contributed by atoms with Crippen molar-refractivity contribution in [3.05, 3.63) is 51.9 Å². The first-order valence-corrected chi connectivity index (χ1v) is 9.04. The van der Waals surface area contributed by atoms with Gasteiger partial charge in [0.1, 0.15) is 16.1 Å². The van der Waals surface area contributed by atoms with E-state index in [0.29, 0.717) is 24.5 Å². The standard InChI is InChI=1S/C18H18Cl2N4O2/c1-11-4-5-16(21-9-11)23-17(25)12-3-2-6-24(10-12)18(26)13-7-14(19)22-15(20)8-13/h4-5,7-9,12H,2-3,6,10H2,1H3,(H,21,23,25). The van der Waals surface area contributed by atoms with E-state index < -0.39 is 0 Å². The first-order chi connectivity index (χ1) is 12.4. The van der Waals surface area contributed by atoms with Crippen LogP contribution in [0.25, 0.3) is 0 Å². The van der Waals surface area contributed by atoms with E-state index in [1.54, 1.807) is 17.2 Å². The van der Waals surface area contributed by atoms with Crippen molar-refractivity contribution >= 4 is 40.8 Å². The van der Waals surface area contributed by atoms with Gasteiger partial charge in [-0.05, 0) is 43.5 Å². The second-order valence-electron chi connectivity index (χ2n) is 6.30. The van der Waals surface area contributed by atoms with E-state index in [2.05, 4.69) is 15.3 Å². The molecule has 0 saturated carbocycles. The molecule has 1 aliphatic heterocycles. The Morgan fingerprint density at radius 1 is 1.23 bits per heavy atom. The van der Waals surface area contributed by atoms with E-state index in [1.165, 1.54) is 12.1 Å². The number of rotatable bonds is 3. The Kier molecular flexibility index (Phi) is 5.74. The van der Waals surface area contributed by atoms with Crippen LogP contribution >= 0.6 is 23.2 Å². The van der Waals surface area contributed by atoms with E-state index >= 15 is 0 Å². The number of aryl methyl sites for hydroxylation is 1. The van der Waals surface area contributed by atoms with Gasteiger partial charge < -0.3 is 10.2 Å². The average Bonchev–Trinajstić information content (AvgIpc) is 2.62. The molecule has 0 aromatic carbocycles.